The summed E-state index contributed by atoms with van der Waals surface area (Å²) in [6.07, 6.45) is -4.38. The number of azo groups is 1. The van der Waals surface area contributed by atoms with Gasteiger partial charge in [-0.25, -0.2) is 0 Å². The second-order valence-corrected chi connectivity index (χ2v) is 9.59. The van der Waals surface area contributed by atoms with Gasteiger partial charge in [0.2, 0.25) is 0 Å². The Morgan fingerprint density at radius 1 is 0.667 bits per heavy atom. The lowest BCUT2D eigenvalue weighted by Crippen LogP contribution is -2.27. The molecule has 0 aromatic heterocycles. The Balaban J connectivity index is 1.11. The summed E-state index contributed by atoms with van der Waals surface area (Å²) in [5, 5.41) is 22.5. The minimum atomic E-state index is -4.38. The molecule has 0 fully saturated rings. The van der Waals surface area contributed by atoms with Crippen molar-refractivity contribution in [3.8, 4) is 0 Å². The van der Waals surface area contributed by atoms with E-state index in [1.165, 1.54) is 44.5 Å². The van der Waals surface area contributed by atoms with Crippen LogP contribution in [-0.2, 0) is 12.7 Å². The van der Waals surface area contributed by atoms with E-state index < -0.39 is 11.7 Å². The van der Waals surface area contributed by atoms with Gasteiger partial charge in [-0.05, 0) is 98.6 Å². The molecule has 0 unspecified atom stereocenters. The second kappa shape index (κ2) is 9.96. The zero-order valence-electron chi connectivity index (χ0n) is 20.5. The molecule has 0 atom stereocenters. The Labute approximate surface area is 227 Å². The van der Waals surface area contributed by atoms with Crippen molar-refractivity contribution >= 4 is 66.7 Å². The maximum atomic E-state index is 12.7. The molecule has 0 spiro atoms. The van der Waals surface area contributed by atoms with E-state index in [4.69, 9.17) is 12.2 Å². The van der Waals surface area contributed by atoms with Crippen molar-refractivity contribution in [1.29, 1.82) is 0 Å². The van der Waals surface area contributed by atoms with Gasteiger partial charge in [-0.15, -0.1) is 0 Å². The number of rotatable bonds is 5. The first-order valence-electron chi connectivity index (χ1n) is 12.2. The number of benzene rings is 6. The summed E-state index contributed by atoms with van der Waals surface area (Å²) < 4.78 is 38.1. The summed E-state index contributed by atoms with van der Waals surface area (Å²) in [5.74, 6) is 0. The molecule has 6 aromatic rings. The molecule has 4 nitrogen and oxygen atoms in total. The normalized spacial score (nSPS) is 12.1. The van der Waals surface area contributed by atoms with Crippen LogP contribution >= 0.6 is 12.2 Å². The molecule has 6 aromatic carbocycles. The summed E-state index contributed by atoms with van der Waals surface area (Å²) >= 11 is 5.52. The van der Waals surface area contributed by atoms with Crippen LogP contribution in [0.25, 0.3) is 32.3 Å². The molecular formula is C31H21F3N4S. The van der Waals surface area contributed by atoms with Gasteiger partial charge in [0.15, 0.2) is 5.11 Å². The van der Waals surface area contributed by atoms with E-state index in [-0.39, 0.29) is 0 Å². The molecule has 2 N–H and O–H groups in total. The first-order chi connectivity index (χ1) is 18.8. The van der Waals surface area contributed by atoms with Crippen LogP contribution in [0.15, 0.2) is 113 Å². The molecule has 0 aliphatic heterocycles. The van der Waals surface area contributed by atoms with Gasteiger partial charge in [0.1, 0.15) is 0 Å². The molecule has 0 aliphatic rings. The van der Waals surface area contributed by atoms with Crippen LogP contribution in [0, 0.1) is 0 Å². The van der Waals surface area contributed by atoms with Gasteiger partial charge in [0, 0.05) is 12.2 Å². The Hall–Kier alpha value is -4.56. The van der Waals surface area contributed by atoms with Crippen LogP contribution in [-0.4, -0.2) is 5.11 Å². The molecule has 0 saturated carbocycles. The second-order valence-electron chi connectivity index (χ2n) is 9.18. The lowest BCUT2D eigenvalue weighted by Gasteiger charge is -2.15. The number of hydrogen-bond acceptors (Lipinski definition) is 3. The zero-order valence-corrected chi connectivity index (χ0v) is 21.3. The van der Waals surface area contributed by atoms with Crippen LogP contribution in [0.4, 0.5) is 30.2 Å². The van der Waals surface area contributed by atoms with E-state index in [0.717, 1.165) is 23.4 Å². The highest BCUT2D eigenvalue weighted by atomic mass is 32.1. The standard InChI is InChI=1S/C31H21F3N4S/c32-31(33,34)23-9-11-25(12-10-23)37-38-26-15-13-24(14-16-26)36-30(39)35-18-22-7-6-21-5-4-19-2-1-3-20-8-17-27(22)29(21)28(19)20/h1-17H,18H2,(H2,35,36,39). The van der Waals surface area contributed by atoms with Gasteiger partial charge in [-0.2, -0.15) is 23.4 Å². The average molecular weight is 539 g/mol. The highest BCUT2D eigenvalue weighted by molar-refractivity contribution is 7.80. The van der Waals surface area contributed by atoms with E-state index in [1.807, 2.05) is 12.1 Å². The monoisotopic (exact) mass is 538 g/mol. The van der Waals surface area contributed by atoms with Crippen molar-refractivity contribution < 1.29 is 13.2 Å². The van der Waals surface area contributed by atoms with Gasteiger partial charge in [-0.3, -0.25) is 0 Å². The molecule has 0 saturated heterocycles. The molecule has 39 heavy (non-hydrogen) atoms. The van der Waals surface area contributed by atoms with Crippen molar-refractivity contribution in [3.05, 3.63) is 114 Å². The molecule has 192 valence electrons. The number of nitrogens with zero attached hydrogens (tertiary/aromatic N) is 2. The van der Waals surface area contributed by atoms with Crippen LogP contribution in [0.1, 0.15) is 11.1 Å². The number of hydrogen-bond donors (Lipinski definition) is 2. The van der Waals surface area contributed by atoms with Crippen LogP contribution in [0.5, 0.6) is 0 Å². The fourth-order valence-corrected chi connectivity index (χ4v) is 4.93. The molecule has 0 heterocycles. The van der Waals surface area contributed by atoms with Gasteiger partial charge >= 0.3 is 6.18 Å². The third-order valence-electron chi connectivity index (χ3n) is 6.66. The summed E-state index contributed by atoms with van der Waals surface area (Å²) in [6.45, 7) is 0.569. The van der Waals surface area contributed by atoms with Crippen molar-refractivity contribution in [2.75, 3.05) is 5.32 Å². The fourth-order valence-electron chi connectivity index (χ4n) is 4.74. The van der Waals surface area contributed by atoms with Crippen LogP contribution < -0.4 is 10.6 Å². The molecule has 0 radical (unpaired) electrons. The third-order valence-corrected chi connectivity index (χ3v) is 6.91. The molecule has 0 amide bonds. The quantitative estimate of drug-likeness (QED) is 0.131. The van der Waals surface area contributed by atoms with Crippen molar-refractivity contribution in [3.63, 3.8) is 0 Å². The molecular weight excluding hydrogens is 517 g/mol. The predicted octanol–water partition coefficient (Wildman–Crippen LogP) is 9.50. The summed E-state index contributed by atoms with van der Waals surface area (Å²) in [7, 11) is 0. The van der Waals surface area contributed by atoms with E-state index in [1.54, 1.807) is 12.1 Å². The summed E-state index contributed by atoms with van der Waals surface area (Å²) in [5.41, 5.74) is 2.11. The number of halogens is 3. The Morgan fingerprint density at radius 2 is 1.23 bits per heavy atom. The zero-order chi connectivity index (χ0) is 27.0. The number of alkyl halides is 3. The Bertz CT molecular complexity index is 1810. The van der Waals surface area contributed by atoms with Crippen molar-refractivity contribution in [1.82, 2.24) is 5.32 Å². The van der Waals surface area contributed by atoms with Gasteiger partial charge < -0.3 is 10.6 Å². The third kappa shape index (κ3) is 5.11. The highest BCUT2D eigenvalue weighted by Crippen LogP contribution is 2.36. The maximum absolute atomic E-state index is 12.7. The first-order valence-corrected chi connectivity index (χ1v) is 12.7. The van der Waals surface area contributed by atoms with E-state index >= 15 is 0 Å². The minimum Gasteiger partial charge on any atom is -0.358 e. The topological polar surface area (TPSA) is 48.8 Å². The van der Waals surface area contributed by atoms with E-state index in [0.29, 0.717) is 23.0 Å². The predicted molar refractivity (Wildman–Crippen MR) is 155 cm³/mol. The minimum absolute atomic E-state index is 0.336. The smallest absolute Gasteiger partial charge is 0.358 e. The Morgan fingerprint density at radius 3 is 1.87 bits per heavy atom. The highest BCUT2D eigenvalue weighted by Gasteiger charge is 2.29. The number of anilines is 1. The molecule has 0 bridgehead atoms. The Kier molecular flexibility index (Phi) is 6.32. The number of thiocarbonyl (C=S) groups is 1. The lowest BCUT2D eigenvalue weighted by atomic mass is 9.92. The fraction of sp³-hybridized carbons (Fsp3) is 0.0645. The van der Waals surface area contributed by atoms with Gasteiger partial charge in [0.25, 0.3) is 0 Å². The average Bonchev–Trinajstić information content (AvgIpc) is 2.94. The number of nitrogens with one attached hydrogen (secondary N) is 2. The SMILES string of the molecule is FC(F)(F)c1ccc(N=Nc2ccc(NC(=S)NCc3ccc4ccc5cccc6ccc3c4c56)cc2)cc1. The molecule has 8 heteroatoms. The van der Waals surface area contributed by atoms with E-state index in [2.05, 4.69) is 75.5 Å². The molecule has 6 rings (SSSR count). The van der Waals surface area contributed by atoms with E-state index in [9.17, 15) is 13.2 Å². The molecule has 0 aliphatic carbocycles. The lowest BCUT2D eigenvalue weighted by molar-refractivity contribution is -0.137. The maximum Gasteiger partial charge on any atom is 0.416 e. The van der Waals surface area contributed by atoms with Gasteiger partial charge in [0.05, 0.1) is 16.9 Å². The van der Waals surface area contributed by atoms with Gasteiger partial charge in [-0.1, -0.05) is 54.6 Å². The van der Waals surface area contributed by atoms with Crippen LogP contribution in [0.2, 0.25) is 0 Å². The van der Waals surface area contributed by atoms with Crippen molar-refractivity contribution in [2.45, 2.75) is 12.7 Å². The summed E-state index contributed by atoms with van der Waals surface area (Å²) in [6, 6.07) is 31.0. The van der Waals surface area contributed by atoms with Crippen molar-refractivity contribution in [2.24, 2.45) is 10.2 Å². The first kappa shape index (κ1) is 24.8. The largest absolute Gasteiger partial charge is 0.416 e. The van der Waals surface area contributed by atoms with Crippen LogP contribution in [0.3, 0.4) is 0 Å². The summed E-state index contributed by atoms with van der Waals surface area (Å²) in [4.78, 5) is 0.